The van der Waals surface area contributed by atoms with E-state index in [4.69, 9.17) is 5.11 Å². The molecule has 1 rings (SSSR count). The molecule has 1 atom stereocenters. The first-order chi connectivity index (χ1) is 8.15. The SMILES string of the molecule is CCCCCC(NC(=O)C1CCCC1)C(=O)O. The third-order valence-corrected chi connectivity index (χ3v) is 3.44. The Bertz CT molecular complexity index is 259. The van der Waals surface area contributed by atoms with Crippen molar-refractivity contribution in [2.24, 2.45) is 5.92 Å². The third kappa shape index (κ3) is 4.75. The molecule has 98 valence electrons. The number of carbonyl (C=O) groups is 2. The van der Waals surface area contributed by atoms with Gasteiger partial charge in [-0.3, -0.25) is 4.79 Å². The molecular weight excluding hydrogens is 218 g/mol. The van der Waals surface area contributed by atoms with E-state index in [1.807, 2.05) is 0 Å². The molecule has 2 N–H and O–H groups in total. The first-order valence-electron chi connectivity index (χ1n) is 6.68. The van der Waals surface area contributed by atoms with Crippen molar-refractivity contribution in [2.45, 2.75) is 64.3 Å². The smallest absolute Gasteiger partial charge is 0.326 e. The largest absolute Gasteiger partial charge is 0.480 e. The van der Waals surface area contributed by atoms with Crippen molar-refractivity contribution in [3.8, 4) is 0 Å². The molecule has 0 aliphatic heterocycles. The maximum absolute atomic E-state index is 11.8. The fourth-order valence-corrected chi connectivity index (χ4v) is 2.33. The molecule has 1 saturated carbocycles. The number of hydrogen-bond acceptors (Lipinski definition) is 2. The number of hydrogen-bond donors (Lipinski definition) is 2. The van der Waals surface area contributed by atoms with Crippen molar-refractivity contribution in [2.75, 3.05) is 0 Å². The molecule has 0 radical (unpaired) electrons. The van der Waals surface area contributed by atoms with Crippen molar-refractivity contribution < 1.29 is 14.7 Å². The van der Waals surface area contributed by atoms with Gasteiger partial charge in [-0.1, -0.05) is 39.0 Å². The highest BCUT2D eigenvalue weighted by Gasteiger charge is 2.26. The summed E-state index contributed by atoms with van der Waals surface area (Å²) in [5, 5.41) is 11.7. The predicted molar refractivity (Wildman–Crippen MR) is 65.7 cm³/mol. The molecule has 0 saturated heterocycles. The van der Waals surface area contributed by atoms with E-state index in [-0.39, 0.29) is 11.8 Å². The van der Waals surface area contributed by atoms with Gasteiger partial charge in [0.15, 0.2) is 0 Å². The average molecular weight is 241 g/mol. The summed E-state index contributed by atoms with van der Waals surface area (Å²) in [5.74, 6) is -0.929. The summed E-state index contributed by atoms with van der Waals surface area (Å²) in [6, 6.07) is -0.699. The summed E-state index contributed by atoms with van der Waals surface area (Å²) < 4.78 is 0. The van der Waals surface area contributed by atoms with Crippen LogP contribution in [-0.2, 0) is 9.59 Å². The van der Waals surface area contributed by atoms with Crippen LogP contribution >= 0.6 is 0 Å². The van der Waals surface area contributed by atoms with Gasteiger partial charge in [0.2, 0.25) is 5.91 Å². The molecule has 0 aromatic carbocycles. The average Bonchev–Trinajstić information content (AvgIpc) is 2.81. The number of aliphatic carboxylic acids is 1. The molecule has 0 bridgehead atoms. The monoisotopic (exact) mass is 241 g/mol. The number of nitrogens with one attached hydrogen (secondary N) is 1. The minimum Gasteiger partial charge on any atom is -0.480 e. The van der Waals surface area contributed by atoms with E-state index in [0.717, 1.165) is 44.9 Å². The number of carboxylic acid groups (broad SMARTS) is 1. The van der Waals surface area contributed by atoms with Crippen LogP contribution in [0.5, 0.6) is 0 Å². The van der Waals surface area contributed by atoms with Gasteiger partial charge < -0.3 is 10.4 Å². The standard InChI is InChI=1S/C13H23NO3/c1-2-3-4-9-11(13(16)17)14-12(15)10-7-5-6-8-10/h10-11H,2-9H2,1H3,(H,14,15)(H,16,17). The lowest BCUT2D eigenvalue weighted by atomic mass is 10.0. The zero-order valence-electron chi connectivity index (χ0n) is 10.6. The first kappa shape index (κ1) is 14.0. The van der Waals surface area contributed by atoms with Gasteiger partial charge in [-0.15, -0.1) is 0 Å². The van der Waals surface area contributed by atoms with E-state index in [1.54, 1.807) is 0 Å². The molecule has 1 aliphatic carbocycles. The van der Waals surface area contributed by atoms with E-state index in [0.29, 0.717) is 6.42 Å². The maximum atomic E-state index is 11.8. The Morgan fingerprint density at radius 2 is 1.94 bits per heavy atom. The number of rotatable bonds is 7. The number of unbranched alkanes of at least 4 members (excludes halogenated alkanes) is 2. The molecular formula is C13H23NO3. The Balaban J connectivity index is 2.36. The van der Waals surface area contributed by atoms with Crippen molar-refractivity contribution >= 4 is 11.9 Å². The third-order valence-electron chi connectivity index (χ3n) is 3.44. The van der Waals surface area contributed by atoms with Crippen molar-refractivity contribution in [1.82, 2.24) is 5.32 Å². The van der Waals surface area contributed by atoms with Crippen molar-refractivity contribution in [1.29, 1.82) is 0 Å². The van der Waals surface area contributed by atoms with Gasteiger partial charge in [0.1, 0.15) is 6.04 Å². The fourth-order valence-electron chi connectivity index (χ4n) is 2.33. The first-order valence-corrected chi connectivity index (χ1v) is 6.68. The number of amides is 1. The van der Waals surface area contributed by atoms with Gasteiger partial charge in [0.25, 0.3) is 0 Å². The Morgan fingerprint density at radius 1 is 1.29 bits per heavy atom. The van der Waals surface area contributed by atoms with E-state index in [9.17, 15) is 9.59 Å². The van der Waals surface area contributed by atoms with Gasteiger partial charge in [0, 0.05) is 5.92 Å². The molecule has 1 fully saturated rings. The van der Waals surface area contributed by atoms with Gasteiger partial charge in [0.05, 0.1) is 0 Å². The summed E-state index contributed by atoms with van der Waals surface area (Å²) in [5.41, 5.74) is 0. The maximum Gasteiger partial charge on any atom is 0.326 e. The van der Waals surface area contributed by atoms with E-state index in [2.05, 4.69) is 12.2 Å². The molecule has 0 heterocycles. The molecule has 0 spiro atoms. The van der Waals surface area contributed by atoms with Crippen LogP contribution in [0.1, 0.15) is 58.3 Å². The van der Waals surface area contributed by atoms with Crippen LogP contribution in [0, 0.1) is 5.92 Å². The molecule has 1 aliphatic rings. The molecule has 17 heavy (non-hydrogen) atoms. The van der Waals surface area contributed by atoms with Gasteiger partial charge in [-0.05, 0) is 19.3 Å². The molecule has 4 nitrogen and oxygen atoms in total. The lowest BCUT2D eigenvalue weighted by Gasteiger charge is -2.17. The normalized spacial score (nSPS) is 17.9. The Labute approximate surface area is 103 Å². The summed E-state index contributed by atoms with van der Waals surface area (Å²) in [7, 11) is 0. The number of carbonyl (C=O) groups excluding carboxylic acids is 1. The van der Waals surface area contributed by atoms with Crippen LogP contribution in [-0.4, -0.2) is 23.0 Å². The quantitative estimate of drug-likeness (QED) is 0.672. The van der Waals surface area contributed by atoms with Gasteiger partial charge in [-0.2, -0.15) is 0 Å². The summed E-state index contributed by atoms with van der Waals surface area (Å²) in [6.45, 7) is 2.08. The zero-order valence-corrected chi connectivity index (χ0v) is 10.6. The Hall–Kier alpha value is -1.06. The van der Waals surface area contributed by atoms with Crippen LogP contribution in [0.2, 0.25) is 0 Å². The predicted octanol–water partition coefficient (Wildman–Crippen LogP) is 2.33. The highest BCUT2D eigenvalue weighted by Crippen LogP contribution is 2.24. The lowest BCUT2D eigenvalue weighted by molar-refractivity contribution is -0.142. The van der Waals surface area contributed by atoms with Crippen molar-refractivity contribution in [3.05, 3.63) is 0 Å². The molecule has 4 heteroatoms. The van der Waals surface area contributed by atoms with Crippen LogP contribution < -0.4 is 5.32 Å². The highest BCUT2D eigenvalue weighted by atomic mass is 16.4. The topological polar surface area (TPSA) is 66.4 Å². The van der Waals surface area contributed by atoms with Crippen LogP contribution in [0.4, 0.5) is 0 Å². The summed E-state index contributed by atoms with van der Waals surface area (Å²) in [6.07, 6.45) is 7.48. The van der Waals surface area contributed by atoms with E-state index >= 15 is 0 Å². The van der Waals surface area contributed by atoms with E-state index < -0.39 is 12.0 Å². The second-order valence-corrected chi connectivity index (χ2v) is 4.88. The fraction of sp³-hybridized carbons (Fsp3) is 0.846. The second-order valence-electron chi connectivity index (χ2n) is 4.88. The van der Waals surface area contributed by atoms with E-state index in [1.165, 1.54) is 0 Å². The van der Waals surface area contributed by atoms with Crippen LogP contribution in [0.15, 0.2) is 0 Å². The molecule has 0 aromatic heterocycles. The van der Waals surface area contributed by atoms with Crippen LogP contribution in [0.25, 0.3) is 0 Å². The number of carboxylic acids is 1. The minimum absolute atomic E-state index is 0.0445. The molecule has 1 amide bonds. The van der Waals surface area contributed by atoms with Crippen molar-refractivity contribution in [3.63, 3.8) is 0 Å². The van der Waals surface area contributed by atoms with Gasteiger partial charge >= 0.3 is 5.97 Å². The summed E-state index contributed by atoms with van der Waals surface area (Å²) >= 11 is 0. The second kappa shape index (κ2) is 7.30. The minimum atomic E-state index is -0.910. The highest BCUT2D eigenvalue weighted by molar-refractivity contribution is 5.85. The summed E-state index contributed by atoms with van der Waals surface area (Å²) in [4.78, 5) is 22.8. The Morgan fingerprint density at radius 3 is 2.47 bits per heavy atom. The zero-order chi connectivity index (χ0) is 12.7. The lowest BCUT2D eigenvalue weighted by Crippen LogP contribution is -2.43. The Kier molecular flexibility index (Phi) is 6.01. The molecule has 1 unspecified atom stereocenters. The molecule has 0 aromatic rings. The van der Waals surface area contributed by atoms with Crippen LogP contribution in [0.3, 0.4) is 0 Å². The van der Waals surface area contributed by atoms with Gasteiger partial charge in [-0.25, -0.2) is 4.79 Å².